The first-order valence-electron chi connectivity index (χ1n) is 8.68. The van der Waals surface area contributed by atoms with Crippen molar-refractivity contribution in [2.45, 2.75) is 33.9 Å². The van der Waals surface area contributed by atoms with Gasteiger partial charge in [-0.05, 0) is 60.3 Å². The van der Waals surface area contributed by atoms with Gasteiger partial charge in [0.1, 0.15) is 12.4 Å². The lowest BCUT2D eigenvalue weighted by atomic mass is 10.2. The van der Waals surface area contributed by atoms with Gasteiger partial charge in [-0.1, -0.05) is 17.7 Å². The maximum absolute atomic E-state index is 12.3. The van der Waals surface area contributed by atoms with E-state index in [1.54, 1.807) is 0 Å². The Kier molecular flexibility index (Phi) is 6.34. The van der Waals surface area contributed by atoms with Gasteiger partial charge in [-0.3, -0.25) is 9.48 Å². The van der Waals surface area contributed by atoms with Gasteiger partial charge < -0.3 is 10.1 Å². The van der Waals surface area contributed by atoms with Crippen molar-refractivity contribution in [3.05, 3.63) is 67.6 Å². The van der Waals surface area contributed by atoms with Crippen LogP contribution in [-0.2, 0) is 13.2 Å². The second-order valence-electron chi connectivity index (χ2n) is 6.38. The number of nitrogens with zero attached hydrogens (tertiary/aromatic N) is 2. The Morgan fingerprint density at radius 2 is 2.00 bits per heavy atom. The third-order valence-corrected chi connectivity index (χ3v) is 6.33. The summed E-state index contributed by atoms with van der Waals surface area (Å²) in [7, 11) is 0. The molecule has 0 fully saturated rings. The van der Waals surface area contributed by atoms with Gasteiger partial charge in [0, 0.05) is 17.8 Å². The lowest BCUT2D eigenvalue weighted by molar-refractivity contribution is 0.0956. The fraction of sp³-hybridized carbons (Fsp3) is 0.300. The molecular formula is C20H22BrN3O2S. The molecule has 2 heterocycles. The summed E-state index contributed by atoms with van der Waals surface area (Å²) in [6.07, 6.45) is 0. The summed E-state index contributed by atoms with van der Waals surface area (Å²) in [6, 6.07) is 9.82. The average Bonchev–Trinajstić information content (AvgIpc) is 3.22. The van der Waals surface area contributed by atoms with Gasteiger partial charge in [0.15, 0.2) is 0 Å². The van der Waals surface area contributed by atoms with Crippen molar-refractivity contribution >= 4 is 33.2 Å². The lowest BCUT2D eigenvalue weighted by Gasteiger charge is -2.06. The number of ether oxygens (including phenoxy) is 1. The fourth-order valence-corrected chi connectivity index (χ4v) is 3.72. The summed E-state index contributed by atoms with van der Waals surface area (Å²) < 4.78 is 8.68. The number of thiophene rings is 1. The molecule has 0 atom stereocenters. The van der Waals surface area contributed by atoms with Crippen molar-refractivity contribution in [3.63, 3.8) is 0 Å². The summed E-state index contributed by atoms with van der Waals surface area (Å²) in [4.78, 5) is 13.0. The highest BCUT2D eigenvalue weighted by atomic mass is 79.9. The van der Waals surface area contributed by atoms with Crippen molar-refractivity contribution in [3.8, 4) is 5.75 Å². The Hall–Kier alpha value is -2.12. The zero-order valence-corrected chi connectivity index (χ0v) is 18.0. The molecule has 1 amide bonds. The van der Waals surface area contributed by atoms with Gasteiger partial charge in [-0.2, -0.15) is 5.10 Å². The van der Waals surface area contributed by atoms with Crippen LogP contribution in [0.3, 0.4) is 0 Å². The minimum Gasteiger partial charge on any atom is -0.489 e. The maximum atomic E-state index is 12.3. The van der Waals surface area contributed by atoms with Gasteiger partial charge in [0.25, 0.3) is 5.91 Å². The Bertz CT molecular complexity index is 931. The monoisotopic (exact) mass is 447 g/mol. The molecule has 1 N–H and O–H groups in total. The molecule has 3 aromatic rings. The number of hydrogen-bond donors (Lipinski definition) is 1. The predicted molar refractivity (Wildman–Crippen MR) is 112 cm³/mol. The summed E-state index contributed by atoms with van der Waals surface area (Å²) in [6.45, 7) is 7.62. The van der Waals surface area contributed by atoms with Crippen molar-refractivity contribution in [2.24, 2.45) is 0 Å². The van der Waals surface area contributed by atoms with E-state index >= 15 is 0 Å². The molecule has 1 aromatic carbocycles. The normalized spacial score (nSPS) is 10.8. The molecule has 0 spiro atoms. The van der Waals surface area contributed by atoms with Crippen LogP contribution in [0.2, 0.25) is 0 Å². The third kappa shape index (κ3) is 4.99. The molecule has 27 heavy (non-hydrogen) atoms. The van der Waals surface area contributed by atoms with Crippen LogP contribution in [-0.4, -0.2) is 22.2 Å². The van der Waals surface area contributed by atoms with Crippen LogP contribution < -0.4 is 10.1 Å². The molecular weight excluding hydrogens is 426 g/mol. The van der Waals surface area contributed by atoms with Crippen molar-refractivity contribution in [2.75, 3.05) is 6.54 Å². The van der Waals surface area contributed by atoms with Crippen molar-refractivity contribution in [1.29, 1.82) is 0 Å². The number of halogens is 1. The zero-order valence-electron chi connectivity index (χ0n) is 15.6. The molecule has 0 unspecified atom stereocenters. The molecule has 142 valence electrons. The molecule has 0 bridgehead atoms. The Balaban J connectivity index is 1.49. The molecule has 5 nitrogen and oxygen atoms in total. The fourth-order valence-electron chi connectivity index (χ4n) is 2.63. The number of carbonyl (C=O) groups excluding carboxylic acids is 1. The second-order valence-corrected chi connectivity index (χ2v) is 8.09. The van der Waals surface area contributed by atoms with E-state index < -0.39 is 0 Å². The third-order valence-electron chi connectivity index (χ3n) is 4.21. The molecule has 0 aliphatic rings. The van der Waals surface area contributed by atoms with Crippen LogP contribution in [0.5, 0.6) is 5.75 Å². The van der Waals surface area contributed by atoms with Gasteiger partial charge in [0.05, 0.1) is 21.6 Å². The Labute approximate surface area is 171 Å². The quantitative estimate of drug-likeness (QED) is 0.573. The highest BCUT2D eigenvalue weighted by Gasteiger charge is 2.11. The van der Waals surface area contributed by atoms with E-state index in [-0.39, 0.29) is 5.91 Å². The zero-order chi connectivity index (χ0) is 19.4. The standard InChI is InChI=1S/C20H22BrN3O2S/c1-13-4-6-17(7-5-13)26-11-16-10-18(27-12-16)20(25)22-8-9-24-15(3)19(21)14(2)23-24/h4-7,10,12H,8-9,11H2,1-3H3,(H,22,25). The highest BCUT2D eigenvalue weighted by Crippen LogP contribution is 2.20. The number of amides is 1. The molecule has 2 aromatic heterocycles. The van der Waals surface area contributed by atoms with Crippen LogP contribution in [0.15, 0.2) is 40.2 Å². The number of carbonyl (C=O) groups is 1. The minimum absolute atomic E-state index is 0.0674. The topological polar surface area (TPSA) is 56.1 Å². The molecule has 0 aliphatic heterocycles. The average molecular weight is 448 g/mol. The van der Waals surface area contributed by atoms with Crippen LogP contribution in [0, 0.1) is 20.8 Å². The van der Waals surface area contributed by atoms with Gasteiger partial charge in [0.2, 0.25) is 0 Å². The van der Waals surface area contributed by atoms with E-state index in [0.29, 0.717) is 24.6 Å². The smallest absolute Gasteiger partial charge is 0.261 e. The summed E-state index contributed by atoms with van der Waals surface area (Å²) >= 11 is 4.94. The first-order chi connectivity index (χ1) is 12.9. The largest absolute Gasteiger partial charge is 0.489 e. The Morgan fingerprint density at radius 3 is 2.67 bits per heavy atom. The van der Waals surface area contributed by atoms with E-state index in [0.717, 1.165) is 27.2 Å². The number of hydrogen-bond acceptors (Lipinski definition) is 4. The van der Waals surface area contributed by atoms with E-state index in [9.17, 15) is 4.79 Å². The van der Waals surface area contributed by atoms with Crippen LogP contribution in [0.25, 0.3) is 0 Å². The molecule has 7 heteroatoms. The number of aromatic nitrogens is 2. The van der Waals surface area contributed by atoms with Gasteiger partial charge >= 0.3 is 0 Å². The predicted octanol–water partition coefficient (Wildman–Crippen LogP) is 4.64. The second kappa shape index (κ2) is 8.71. The number of aryl methyl sites for hydroxylation is 2. The van der Waals surface area contributed by atoms with E-state index in [2.05, 4.69) is 26.3 Å². The van der Waals surface area contributed by atoms with E-state index in [4.69, 9.17) is 4.74 Å². The number of rotatable bonds is 7. The minimum atomic E-state index is -0.0674. The first kappa shape index (κ1) is 19.6. The van der Waals surface area contributed by atoms with E-state index in [1.807, 2.05) is 61.2 Å². The SMILES string of the molecule is Cc1ccc(OCc2csc(C(=O)NCCn3nc(C)c(Br)c3C)c2)cc1. The lowest BCUT2D eigenvalue weighted by Crippen LogP contribution is -2.27. The Morgan fingerprint density at radius 1 is 1.26 bits per heavy atom. The van der Waals surface area contributed by atoms with Gasteiger partial charge in [-0.25, -0.2) is 0 Å². The van der Waals surface area contributed by atoms with E-state index in [1.165, 1.54) is 16.9 Å². The van der Waals surface area contributed by atoms with Crippen LogP contribution >= 0.6 is 27.3 Å². The molecule has 3 rings (SSSR count). The van der Waals surface area contributed by atoms with Crippen LogP contribution in [0.4, 0.5) is 0 Å². The summed E-state index contributed by atoms with van der Waals surface area (Å²) in [5, 5.41) is 9.36. The van der Waals surface area contributed by atoms with Crippen molar-refractivity contribution < 1.29 is 9.53 Å². The number of benzene rings is 1. The summed E-state index contributed by atoms with van der Waals surface area (Å²) in [5.41, 5.74) is 4.21. The molecule has 0 radical (unpaired) electrons. The van der Waals surface area contributed by atoms with Gasteiger partial charge in [-0.15, -0.1) is 11.3 Å². The molecule has 0 saturated carbocycles. The molecule has 0 aliphatic carbocycles. The van der Waals surface area contributed by atoms with Crippen LogP contribution in [0.1, 0.15) is 32.2 Å². The highest BCUT2D eigenvalue weighted by molar-refractivity contribution is 9.10. The maximum Gasteiger partial charge on any atom is 0.261 e. The molecule has 0 saturated heterocycles. The first-order valence-corrected chi connectivity index (χ1v) is 10.4. The summed E-state index contributed by atoms with van der Waals surface area (Å²) in [5.74, 6) is 0.760. The van der Waals surface area contributed by atoms with Crippen molar-refractivity contribution in [1.82, 2.24) is 15.1 Å². The number of nitrogens with one attached hydrogen (secondary N) is 1.